The molecule has 0 saturated heterocycles. The molecule has 1 unspecified atom stereocenters. The molecule has 0 saturated carbocycles. The lowest BCUT2D eigenvalue weighted by atomic mass is 9.90. The van der Waals surface area contributed by atoms with Gasteiger partial charge in [-0.25, -0.2) is 0 Å². The molecular weight excluding hydrogens is 571 g/mol. The largest absolute Gasteiger partial charge is 0.481 e. The second kappa shape index (κ2) is 12.9. The Morgan fingerprint density at radius 3 is 2.45 bits per heavy atom. The van der Waals surface area contributed by atoms with E-state index in [2.05, 4.69) is 35.7 Å². The standard InChI is InChI=1S/C33H26Cl2N4O3/c34-28-15-27(16-29(35)17-28)30-18-31(24-10-8-23(9-11-24)26-3-1-2-22(14-26)19-36)39(38-30)20-21-4-6-25(7-5-21)33(42)37-13-12-32(40)41/h1-10,14-18,24H,11-13,20H2,(H,37,42)(H,40,41). The Kier molecular flexibility index (Phi) is 8.87. The Balaban J connectivity index is 1.40. The number of carbonyl (C=O) groups is 2. The molecule has 1 aliphatic rings. The number of aliphatic carboxylic acids is 1. The Labute approximate surface area is 253 Å². The van der Waals surface area contributed by atoms with Crippen molar-refractivity contribution in [3.8, 4) is 17.3 Å². The van der Waals surface area contributed by atoms with Gasteiger partial charge in [0.25, 0.3) is 5.91 Å². The van der Waals surface area contributed by atoms with Crippen LogP contribution in [0.25, 0.3) is 16.8 Å². The average molecular weight is 598 g/mol. The molecule has 1 amide bonds. The van der Waals surface area contributed by atoms with E-state index in [1.54, 1.807) is 24.3 Å². The van der Waals surface area contributed by atoms with Gasteiger partial charge in [0.15, 0.2) is 0 Å². The summed E-state index contributed by atoms with van der Waals surface area (Å²) in [7, 11) is 0. The van der Waals surface area contributed by atoms with Crippen LogP contribution in [0.5, 0.6) is 0 Å². The molecule has 5 rings (SSSR count). The van der Waals surface area contributed by atoms with Crippen LogP contribution >= 0.6 is 23.2 Å². The Hall–Kier alpha value is -4.64. The van der Waals surface area contributed by atoms with E-state index in [1.165, 1.54) is 0 Å². The number of carboxylic acids is 1. The van der Waals surface area contributed by atoms with E-state index in [0.717, 1.165) is 40.1 Å². The highest BCUT2D eigenvalue weighted by Crippen LogP contribution is 2.34. The summed E-state index contributed by atoms with van der Waals surface area (Å²) in [5, 5.41) is 26.6. The molecule has 1 heterocycles. The summed E-state index contributed by atoms with van der Waals surface area (Å²) < 4.78 is 1.95. The fourth-order valence-corrected chi connectivity index (χ4v) is 5.37. The first kappa shape index (κ1) is 28.9. The summed E-state index contributed by atoms with van der Waals surface area (Å²) in [6.45, 7) is 0.535. The smallest absolute Gasteiger partial charge is 0.305 e. The molecule has 3 aromatic carbocycles. The van der Waals surface area contributed by atoms with Crippen LogP contribution in [0.1, 0.15) is 51.5 Å². The number of halogens is 2. The molecular formula is C33H26Cl2N4O3. The second-order valence-corrected chi connectivity index (χ2v) is 10.8. The van der Waals surface area contributed by atoms with Gasteiger partial charge in [0.05, 0.1) is 30.3 Å². The molecule has 9 heteroatoms. The van der Waals surface area contributed by atoms with Crippen molar-refractivity contribution >= 4 is 40.7 Å². The van der Waals surface area contributed by atoms with Crippen molar-refractivity contribution in [2.75, 3.05) is 6.54 Å². The lowest BCUT2D eigenvalue weighted by Gasteiger charge is -2.18. The van der Waals surface area contributed by atoms with Crippen molar-refractivity contribution in [2.45, 2.75) is 25.3 Å². The van der Waals surface area contributed by atoms with Crippen molar-refractivity contribution in [1.29, 1.82) is 5.26 Å². The average Bonchev–Trinajstić information content (AvgIpc) is 3.40. The molecule has 42 heavy (non-hydrogen) atoms. The summed E-state index contributed by atoms with van der Waals surface area (Å²) in [5.41, 5.74) is 6.64. The number of amides is 1. The maximum Gasteiger partial charge on any atom is 0.305 e. The number of hydrogen-bond acceptors (Lipinski definition) is 4. The lowest BCUT2D eigenvalue weighted by Crippen LogP contribution is -2.25. The molecule has 1 aliphatic carbocycles. The predicted octanol–water partition coefficient (Wildman–Crippen LogP) is 7.11. The van der Waals surface area contributed by atoms with E-state index >= 15 is 0 Å². The predicted molar refractivity (Wildman–Crippen MR) is 163 cm³/mol. The first-order valence-corrected chi connectivity index (χ1v) is 14.1. The highest BCUT2D eigenvalue weighted by Gasteiger charge is 2.20. The molecule has 0 fully saturated rings. The zero-order valence-corrected chi connectivity index (χ0v) is 23.9. The van der Waals surface area contributed by atoms with Gasteiger partial charge in [-0.3, -0.25) is 14.3 Å². The number of benzene rings is 3. The minimum absolute atomic E-state index is 0.0584. The van der Waals surface area contributed by atoms with Crippen LogP contribution in [0, 0.1) is 11.3 Å². The highest BCUT2D eigenvalue weighted by atomic mass is 35.5. The van der Waals surface area contributed by atoms with Crippen LogP contribution in [-0.4, -0.2) is 33.3 Å². The molecule has 2 N–H and O–H groups in total. The number of carboxylic acid groups (broad SMARTS) is 1. The minimum atomic E-state index is -0.965. The van der Waals surface area contributed by atoms with E-state index in [4.69, 9.17) is 33.4 Å². The van der Waals surface area contributed by atoms with Crippen LogP contribution in [0.4, 0.5) is 0 Å². The van der Waals surface area contributed by atoms with E-state index in [9.17, 15) is 14.9 Å². The number of aromatic nitrogens is 2. The summed E-state index contributed by atoms with van der Waals surface area (Å²) in [5.74, 6) is -1.23. The van der Waals surface area contributed by atoms with Crippen molar-refractivity contribution < 1.29 is 14.7 Å². The molecule has 4 aromatic rings. The van der Waals surface area contributed by atoms with Crippen molar-refractivity contribution in [2.24, 2.45) is 0 Å². The van der Waals surface area contributed by atoms with E-state index in [0.29, 0.717) is 27.7 Å². The van der Waals surface area contributed by atoms with Crippen LogP contribution in [0.2, 0.25) is 10.0 Å². The van der Waals surface area contributed by atoms with Gasteiger partial charge in [0, 0.05) is 39.3 Å². The number of rotatable bonds is 9. The van der Waals surface area contributed by atoms with Crippen molar-refractivity contribution in [3.63, 3.8) is 0 Å². The first-order chi connectivity index (χ1) is 20.3. The summed E-state index contributed by atoms with van der Waals surface area (Å²) in [4.78, 5) is 23.1. The van der Waals surface area contributed by atoms with E-state index in [-0.39, 0.29) is 24.8 Å². The van der Waals surface area contributed by atoms with Crippen molar-refractivity contribution in [3.05, 3.63) is 129 Å². The normalized spacial score (nSPS) is 14.2. The Morgan fingerprint density at radius 1 is 1.02 bits per heavy atom. The molecule has 0 spiro atoms. The fourth-order valence-electron chi connectivity index (χ4n) is 4.84. The van der Waals surface area contributed by atoms with Gasteiger partial charge in [-0.15, -0.1) is 0 Å². The van der Waals surface area contributed by atoms with Gasteiger partial charge in [-0.1, -0.05) is 65.7 Å². The molecule has 0 aliphatic heterocycles. The number of nitriles is 1. The third kappa shape index (κ3) is 6.98. The summed E-state index contributed by atoms with van der Waals surface area (Å²) >= 11 is 12.6. The van der Waals surface area contributed by atoms with E-state index < -0.39 is 5.97 Å². The maximum absolute atomic E-state index is 12.4. The van der Waals surface area contributed by atoms with Crippen LogP contribution in [0.3, 0.4) is 0 Å². The molecule has 0 bridgehead atoms. The number of allylic oxidation sites excluding steroid dienone is 4. The molecule has 1 aromatic heterocycles. The van der Waals surface area contributed by atoms with Crippen molar-refractivity contribution in [1.82, 2.24) is 15.1 Å². The SMILES string of the molecule is N#Cc1cccc(C2=CCC(c3cc(-c4cc(Cl)cc(Cl)c4)nn3Cc3ccc(C(=O)NCCC(=O)O)cc3)C=C2)c1. The van der Waals surface area contributed by atoms with Gasteiger partial charge in [0.1, 0.15) is 0 Å². The molecule has 0 radical (unpaired) electrons. The summed E-state index contributed by atoms with van der Waals surface area (Å²) in [6, 6.07) is 24.3. The molecule has 210 valence electrons. The maximum atomic E-state index is 12.4. The zero-order valence-electron chi connectivity index (χ0n) is 22.4. The monoisotopic (exact) mass is 596 g/mol. The fraction of sp³-hybridized carbons (Fsp3) is 0.152. The van der Waals surface area contributed by atoms with E-state index in [1.807, 2.05) is 47.1 Å². The minimum Gasteiger partial charge on any atom is -0.481 e. The van der Waals surface area contributed by atoms with Gasteiger partial charge in [-0.05, 0) is 71.7 Å². The third-order valence-corrected chi connectivity index (χ3v) is 7.38. The topological polar surface area (TPSA) is 108 Å². The Morgan fingerprint density at radius 2 is 1.79 bits per heavy atom. The third-order valence-electron chi connectivity index (χ3n) is 6.95. The Bertz CT molecular complexity index is 1730. The molecule has 1 atom stereocenters. The zero-order chi connectivity index (χ0) is 29.6. The molecule has 7 nitrogen and oxygen atoms in total. The van der Waals surface area contributed by atoms with Crippen LogP contribution in [0.15, 0.2) is 91.0 Å². The second-order valence-electron chi connectivity index (χ2n) is 9.92. The lowest BCUT2D eigenvalue weighted by molar-refractivity contribution is -0.136. The highest BCUT2D eigenvalue weighted by molar-refractivity contribution is 6.35. The number of hydrogen-bond donors (Lipinski definition) is 2. The van der Waals surface area contributed by atoms with Crippen LogP contribution < -0.4 is 5.32 Å². The number of nitrogens with one attached hydrogen (secondary N) is 1. The van der Waals surface area contributed by atoms with Gasteiger partial charge < -0.3 is 10.4 Å². The summed E-state index contributed by atoms with van der Waals surface area (Å²) in [6.07, 6.45) is 7.02. The first-order valence-electron chi connectivity index (χ1n) is 13.3. The number of carbonyl (C=O) groups excluding carboxylic acids is 1. The van der Waals surface area contributed by atoms with Gasteiger partial charge in [-0.2, -0.15) is 10.4 Å². The van der Waals surface area contributed by atoms with Gasteiger partial charge in [0.2, 0.25) is 0 Å². The van der Waals surface area contributed by atoms with Crippen LogP contribution in [-0.2, 0) is 11.3 Å². The van der Waals surface area contributed by atoms with Gasteiger partial charge >= 0.3 is 5.97 Å². The number of nitrogens with zero attached hydrogens (tertiary/aromatic N) is 3. The quantitative estimate of drug-likeness (QED) is 0.214.